The molecule has 27 heavy (non-hydrogen) atoms. The molecule has 0 bridgehead atoms. The fourth-order valence-corrected chi connectivity index (χ4v) is 3.53. The van der Waals surface area contributed by atoms with Crippen molar-refractivity contribution >= 4 is 27.9 Å². The summed E-state index contributed by atoms with van der Waals surface area (Å²) < 4.78 is 12.4. The average molecular weight is 435 g/mol. The number of ether oxygens (including phenoxy) is 2. The summed E-state index contributed by atoms with van der Waals surface area (Å²) in [5, 5.41) is 12.4. The quantitative estimate of drug-likeness (QED) is 0.461. The zero-order valence-electron chi connectivity index (χ0n) is 16.2. The normalized spacial score (nSPS) is 15.9. The number of hydrogen-bond donors (Lipinski definition) is 1. The van der Waals surface area contributed by atoms with E-state index in [9.17, 15) is 10.1 Å². The molecule has 1 aliphatic rings. The monoisotopic (exact) mass is 434 g/mol. The summed E-state index contributed by atoms with van der Waals surface area (Å²) in [6.07, 6.45) is 6.72. The molecule has 0 aromatic heterocycles. The van der Waals surface area contributed by atoms with Gasteiger partial charge in [0.2, 0.25) is 0 Å². The van der Waals surface area contributed by atoms with Gasteiger partial charge in [-0.05, 0) is 72.8 Å². The number of amides is 1. The number of nitriles is 1. The van der Waals surface area contributed by atoms with Crippen LogP contribution in [0.25, 0.3) is 6.08 Å². The third kappa shape index (κ3) is 6.00. The Balaban J connectivity index is 2.28. The van der Waals surface area contributed by atoms with Crippen LogP contribution in [0, 0.1) is 11.3 Å². The standard InChI is InChI=1S/C21H27BrN2O3/c1-4-14(3)27-20-18(22)11-15(12-19(20)26-5-2)10-16(13-23)21(25)24-17-8-6-7-9-17/h10-12,14,17H,4-9H2,1-3H3,(H,24,25)/b16-10-/t14-/m0/s1. The van der Waals surface area contributed by atoms with Gasteiger partial charge in [-0.3, -0.25) is 4.79 Å². The summed E-state index contributed by atoms with van der Waals surface area (Å²) in [6, 6.07) is 5.82. The van der Waals surface area contributed by atoms with Crippen LogP contribution in [0.3, 0.4) is 0 Å². The molecule has 6 heteroatoms. The van der Waals surface area contributed by atoms with Crippen molar-refractivity contribution in [1.82, 2.24) is 5.32 Å². The highest BCUT2D eigenvalue weighted by molar-refractivity contribution is 9.10. The fourth-order valence-electron chi connectivity index (χ4n) is 2.98. The SMILES string of the molecule is CCOc1cc(/C=C(/C#N)C(=O)NC2CCCC2)cc(Br)c1O[C@@H](C)CC. The molecule has 1 aliphatic carbocycles. The lowest BCUT2D eigenvalue weighted by Gasteiger charge is -2.18. The largest absolute Gasteiger partial charge is 0.490 e. The molecule has 0 spiro atoms. The Hall–Kier alpha value is -2.00. The van der Waals surface area contributed by atoms with Gasteiger partial charge < -0.3 is 14.8 Å². The van der Waals surface area contributed by atoms with Gasteiger partial charge in [-0.1, -0.05) is 19.8 Å². The smallest absolute Gasteiger partial charge is 0.262 e. The number of benzene rings is 1. The van der Waals surface area contributed by atoms with Crippen LogP contribution in [0.1, 0.15) is 58.4 Å². The van der Waals surface area contributed by atoms with Gasteiger partial charge in [-0.25, -0.2) is 0 Å². The van der Waals surface area contributed by atoms with Gasteiger partial charge in [0.15, 0.2) is 11.5 Å². The molecule has 0 radical (unpaired) electrons. The van der Waals surface area contributed by atoms with Crippen LogP contribution in [0.5, 0.6) is 11.5 Å². The van der Waals surface area contributed by atoms with E-state index in [1.54, 1.807) is 12.1 Å². The van der Waals surface area contributed by atoms with E-state index in [0.717, 1.165) is 36.6 Å². The van der Waals surface area contributed by atoms with Crippen LogP contribution in [-0.4, -0.2) is 24.7 Å². The lowest BCUT2D eigenvalue weighted by atomic mass is 10.1. The van der Waals surface area contributed by atoms with Crippen LogP contribution in [0.15, 0.2) is 22.2 Å². The van der Waals surface area contributed by atoms with Gasteiger partial charge in [-0.2, -0.15) is 5.26 Å². The number of halogens is 1. The Bertz CT molecular complexity index is 734. The molecule has 0 aliphatic heterocycles. The number of carbonyl (C=O) groups excluding carboxylic acids is 1. The zero-order valence-corrected chi connectivity index (χ0v) is 17.8. The van der Waals surface area contributed by atoms with E-state index >= 15 is 0 Å². The minimum atomic E-state index is -0.321. The Morgan fingerprint density at radius 1 is 1.41 bits per heavy atom. The first-order valence-electron chi connectivity index (χ1n) is 9.54. The highest BCUT2D eigenvalue weighted by Crippen LogP contribution is 2.38. The molecule has 1 aromatic rings. The number of rotatable bonds is 8. The fraction of sp³-hybridized carbons (Fsp3) is 0.524. The molecular formula is C21H27BrN2O3. The van der Waals surface area contributed by atoms with Crippen LogP contribution in [0.4, 0.5) is 0 Å². The van der Waals surface area contributed by atoms with Crippen molar-refractivity contribution in [3.63, 3.8) is 0 Å². The second-order valence-electron chi connectivity index (χ2n) is 6.72. The molecular weight excluding hydrogens is 408 g/mol. The predicted octanol–water partition coefficient (Wildman–Crippen LogP) is 4.99. The molecule has 1 saturated carbocycles. The minimum absolute atomic E-state index is 0.0498. The molecule has 0 saturated heterocycles. The molecule has 1 aromatic carbocycles. The number of nitrogens with one attached hydrogen (secondary N) is 1. The average Bonchev–Trinajstić information content (AvgIpc) is 3.15. The third-order valence-corrected chi connectivity index (χ3v) is 5.18. The van der Waals surface area contributed by atoms with Gasteiger partial charge in [0, 0.05) is 6.04 Å². The lowest BCUT2D eigenvalue weighted by molar-refractivity contribution is -0.117. The molecule has 1 fully saturated rings. The first-order chi connectivity index (χ1) is 13.0. The Morgan fingerprint density at radius 2 is 2.11 bits per heavy atom. The molecule has 0 unspecified atom stereocenters. The van der Waals surface area contributed by atoms with E-state index in [0.29, 0.717) is 23.7 Å². The Kier molecular flexibility index (Phi) is 8.18. The second-order valence-corrected chi connectivity index (χ2v) is 7.58. The highest BCUT2D eigenvalue weighted by atomic mass is 79.9. The topological polar surface area (TPSA) is 71.3 Å². The van der Waals surface area contributed by atoms with Crippen molar-refractivity contribution in [3.8, 4) is 17.6 Å². The summed E-state index contributed by atoms with van der Waals surface area (Å²) in [5.74, 6) is 0.905. The minimum Gasteiger partial charge on any atom is -0.490 e. The summed E-state index contributed by atoms with van der Waals surface area (Å²) in [6.45, 7) is 6.44. The molecule has 1 N–H and O–H groups in total. The third-order valence-electron chi connectivity index (χ3n) is 4.59. The van der Waals surface area contributed by atoms with Gasteiger partial charge in [-0.15, -0.1) is 0 Å². The maximum absolute atomic E-state index is 12.4. The number of hydrogen-bond acceptors (Lipinski definition) is 4. The van der Waals surface area contributed by atoms with Crippen molar-refractivity contribution in [2.75, 3.05) is 6.61 Å². The maximum atomic E-state index is 12.4. The summed E-state index contributed by atoms with van der Waals surface area (Å²) in [4.78, 5) is 12.4. The van der Waals surface area contributed by atoms with Crippen LogP contribution in [0.2, 0.25) is 0 Å². The van der Waals surface area contributed by atoms with E-state index in [-0.39, 0.29) is 23.6 Å². The van der Waals surface area contributed by atoms with E-state index in [1.807, 2.05) is 26.0 Å². The molecule has 0 heterocycles. The maximum Gasteiger partial charge on any atom is 0.262 e. The van der Waals surface area contributed by atoms with Gasteiger partial charge in [0.25, 0.3) is 5.91 Å². The van der Waals surface area contributed by atoms with Crippen molar-refractivity contribution in [2.24, 2.45) is 0 Å². The van der Waals surface area contributed by atoms with E-state index in [2.05, 4.69) is 28.2 Å². The van der Waals surface area contributed by atoms with E-state index < -0.39 is 0 Å². The number of carbonyl (C=O) groups is 1. The Labute approximate surface area is 169 Å². The predicted molar refractivity (Wildman–Crippen MR) is 110 cm³/mol. The zero-order chi connectivity index (χ0) is 19.8. The summed E-state index contributed by atoms with van der Waals surface area (Å²) in [7, 11) is 0. The molecule has 1 amide bonds. The number of nitrogens with zero attached hydrogens (tertiary/aromatic N) is 1. The van der Waals surface area contributed by atoms with Crippen molar-refractivity contribution in [3.05, 3.63) is 27.7 Å². The van der Waals surface area contributed by atoms with Crippen molar-refractivity contribution in [2.45, 2.75) is 65.0 Å². The van der Waals surface area contributed by atoms with Crippen molar-refractivity contribution < 1.29 is 14.3 Å². The first kappa shape index (κ1) is 21.3. The summed E-state index contributed by atoms with van der Waals surface area (Å²) in [5.41, 5.74) is 0.798. The summed E-state index contributed by atoms with van der Waals surface area (Å²) >= 11 is 3.53. The van der Waals surface area contributed by atoms with Crippen LogP contribution in [-0.2, 0) is 4.79 Å². The molecule has 1 atom stereocenters. The lowest BCUT2D eigenvalue weighted by Crippen LogP contribution is -2.33. The molecule has 2 rings (SSSR count). The van der Waals surface area contributed by atoms with Gasteiger partial charge in [0.05, 0.1) is 17.2 Å². The Morgan fingerprint density at radius 3 is 2.70 bits per heavy atom. The van der Waals surface area contributed by atoms with Crippen LogP contribution < -0.4 is 14.8 Å². The second kappa shape index (κ2) is 10.4. The molecule has 5 nitrogen and oxygen atoms in total. The van der Waals surface area contributed by atoms with Crippen LogP contribution >= 0.6 is 15.9 Å². The molecule has 146 valence electrons. The van der Waals surface area contributed by atoms with E-state index in [4.69, 9.17) is 9.47 Å². The van der Waals surface area contributed by atoms with Gasteiger partial charge >= 0.3 is 0 Å². The highest BCUT2D eigenvalue weighted by Gasteiger charge is 2.20. The van der Waals surface area contributed by atoms with Gasteiger partial charge in [0.1, 0.15) is 11.6 Å². The van der Waals surface area contributed by atoms with E-state index in [1.165, 1.54) is 0 Å². The first-order valence-corrected chi connectivity index (χ1v) is 10.3. The van der Waals surface area contributed by atoms with Crippen molar-refractivity contribution in [1.29, 1.82) is 5.26 Å².